The van der Waals surface area contributed by atoms with Gasteiger partial charge in [-0.3, -0.25) is 0 Å². The molecule has 0 N–H and O–H groups in total. The molecule has 0 aromatic rings. The molecule has 0 unspecified atom stereocenters. The molecule has 0 aliphatic heterocycles. The number of hydrogen-bond acceptors (Lipinski definition) is 0. The van der Waals surface area contributed by atoms with E-state index < -0.39 is 0 Å². The Balaban J connectivity index is 2.45. The first-order valence-corrected chi connectivity index (χ1v) is 2.05. The van der Waals surface area contributed by atoms with Gasteiger partial charge < -0.3 is 0 Å². The third-order valence-corrected chi connectivity index (χ3v) is 0.814. The predicted octanol–water partition coefficient (Wildman–Crippen LogP) is 1.73. The standard InChI is InChI=1S/C5H8/c1-2-4-5-3-1/h1-2H,3-5H2/i1H. The quantitative estimate of drug-likeness (QED) is 0.379. The lowest BCUT2D eigenvalue weighted by molar-refractivity contribution is 0.929. The lowest BCUT2D eigenvalue weighted by Crippen LogP contribution is -1.50. The molecule has 0 bridgehead atoms. The van der Waals surface area contributed by atoms with Crippen LogP contribution in [0.2, 0.25) is 0 Å². The minimum Gasteiger partial charge on any atom is -0.0885 e. The van der Waals surface area contributed by atoms with E-state index >= 15 is 0 Å². The zero-order valence-electron chi connectivity index (χ0n) is 4.20. The summed E-state index contributed by atoms with van der Waals surface area (Å²) in [5.74, 6) is 0. The normalized spacial score (nSPS) is 25.6. The average molecular weight is 68.1 g/mol. The third kappa shape index (κ3) is 0.504. The van der Waals surface area contributed by atoms with Crippen LogP contribution in [-0.2, 0) is 0 Å². The van der Waals surface area contributed by atoms with Crippen molar-refractivity contribution in [1.29, 1.82) is 0 Å². The van der Waals surface area contributed by atoms with Gasteiger partial charge in [-0.15, -0.1) is 0 Å². The van der Waals surface area contributed by atoms with E-state index in [1.165, 1.54) is 6.42 Å². The van der Waals surface area contributed by atoms with E-state index in [0.29, 0.717) is 0 Å². The fourth-order valence-electron chi connectivity index (χ4n) is 0.510. The van der Waals surface area contributed by atoms with Crippen molar-refractivity contribution in [1.82, 2.24) is 0 Å². The van der Waals surface area contributed by atoms with Gasteiger partial charge in [-0.2, -0.15) is 0 Å². The first-order chi connectivity index (χ1) is 2.89. The highest BCUT2D eigenvalue weighted by Gasteiger charge is 1.84. The van der Waals surface area contributed by atoms with E-state index in [4.69, 9.17) is 1.37 Å². The Hall–Kier alpha value is -0.260. The van der Waals surface area contributed by atoms with Gasteiger partial charge in [-0.05, 0) is 19.3 Å². The third-order valence-electron chi connectivity index (χ3n) is 0.814. The van der Waals surface area contributed by atoms with Crippen molar-refractivity contribution in [3.8, 4) is 0 Å². The monoisotopic (exact) mass is 68.1 g/mol. The van der Waals surface area contributed by atoms with Gasteiger partial charge in [0.25, 0.3) is 0 Å². The van der Waals surface area contributed by atoms with Crippen LogP contribution in [0.4, 0.5) is 0 Å². The summed E-state index contributed by atoms with van der Waals surface area (Å²) in [6.07, 6.45) is 5.34. The minimum atomic E-state index is 0.829. The number of rotatable bonds is 0. The molecule has 0 fully saturated rings. The number of allylic oxidation sites excluding steroid dienone is 2. The molecule has 0 saturated carbocycles. The molecule has 0 heterocycles. The molecule has 28 valence electrons. The number of hydrogen-bond donors (Lipinski definition) is 0. The van der Waals surface area contributed by atoms with Crippen molar-refractivity contribution < 1.29 is 1.37 Å². The predicted molar refractivity (Wildman–Crippen MR) is 23.0 cm³/mol. The fraction of sp³-hybridized carbons (Fsp3) is 0.600. The van der Waals surface area contributed by atoms with Gasteiger partial charge in [0.05, 0.1) is 1.37 Å². The van der Waals surface area contributed by atoms with E-state index in [0.717, 1.165) is 18.9 Å². The van der Waals surface area contributed by atoms with Crippen molar-refractivity contribution in [2.45, 2.75) is 19.3 Å². The average Bonchev–Trinajstić information content (AvgIpc) is 1.86. The largest absolute Gasteiger partial charge is 0.0885 e. The summed E-state index contributed by atoms with van der Waals surface area (Å²) in [6.45, 7) is 0. The smallest absolute Gasteiger partial charge is 0.0572 e. The molecule has 0 saturated heterocycles. The molecule has 0 aromatic carbocycles. The second-order valence-corrected chi connectivity index (χ2v) is 1.30. The Labute approximate surface area is 33.9 Å². The van der Waals surface area contributed by atoms with Gasteiger partial charge in [0, 0.05) is 0 Å². The molecule has 1 rings (SSSR count). The van der Waals surface area contributed by atoms with Gasteiger partial charge in [0.15, 0.2) is 0 Å². The highest BCUT2D eigenvalue weighted by atomic mass is 13.9. The zero-order chi connectivity index (χ0) is 4.41. The highest BCUT2D eigenvalue weighted by Crippen LogP contribution is 2.05. The Morgan fingerprint density at radius 1 is 1.60 bits per heavy atom. The molecular weight excluding hydrogens is 60.1 g/mol. The molecule has 0 atom stereocenters. The molecule has 0 heteroatoms. The van der Waals surface area contributed by atoms with Crippen molar-refractivity contribution in [3.63, 3.8) is 0 Å². The summed E-state index contributed by atoms with van der Waals surface area (Å²) in [6, 6.07) is 0.829. The molecule has 5 heavy (non-hydrogen) atoms. The maximum Gasteiger partial charge on any atom is 0.0572 e. The first-order valence-electron chi connectivity index (χ1n) is 2.55. The molecular formula is C5H8. The Morgan fingerprint density at radius 3 is 2.80 bits per heavy atom. The summed E-state index contributed by atoms with van der Waals surface area (Å²) in [7, 11) is 0. The molecule has 1 aliphatic rings. The molecule has 0 nitrogen and oxygen atoms in total. The van der Waals surface area contributed by atoms with Crippen molar-refractivity contribution in [2.75, 3.05) is 0 Å². The summed E-state index contributed by atoms with van der Waals surface area (Å²) >= 11 is 0. The van der Waals surface area contributed by atoms with E-state index in [1.807, 2.05) is 6.08 Å². The Kier molecular flexibility index (Phi) is 0.503. The van der Waals surface area contributed by atoms with Crippen LogP contribution in [0.15, 0.2) is 12.1 Å². The highest BCUT2D eigenvalue weighted by molar-refractivity contribution is 4.88. The van der Waals surface area contributed by atoms with Crippen LogP contribution in [-0.4, -0.2) is 0 Å². The van der Waals surface area contributed by atoms with Crippen molar-refractivity contribution >= 4 is 0 Å². The molecule has 0 aromatic heterocycles. The first kappa shape index (κ1) is 2.01. The Morgan fingerprint density at radius 2 is 2.60 bits per heavy atom. The molecule has 0 radical (unpaired) electrons. The lowest BCUT2D eigenvalue weighted by Gasteiger charge is -1.69. The van der Waals surface area contributed by atoms with Crippen LogP contribution in [0, 0.1) is 0 Å². The van der Waals surface area contributed by atoms with Crippen LogP contribution < -0.4 is 0 Å². The van der Waals surface area contributed by atoms with Gasteiger partial charge in [-0.25, -0.2) is 0 Å². The van der Waals surface area contributed by atoms with Gasteiger partial charge in [0.2, 0.25) is 0 Å². The summed E-state index contributed by atoms with van der Waals surface area (Å²) in [4.78, 5) is 0. The van der Waals surface area contributed by atoms with Crippen LogP contribution in [0.25, 0.3) is 0 Å². The van der Waals surface area contributed by atoms with Gasteiger partial charge >= 0.3 is 0 Å². The van der Waals surface area contributed by atoms with E-state index in [2.05, 4.69) is 0 Å². The van der Waals surface area contributed by atoms with E-state index in [1.54, 1.807) is 0 Å². The van der Waals surface area contributed by atoms with Crippen LogP contribution in [0.1, 0.15) is 20.6 Å². The van der Waals surface area contributed by atoms with Crippen LogP contribution >= 0.6 is 0 Å². The van der Waals surface area contributed by atoms with Gasteiger partial charge in [0.1, 0.15) is 0 Å². The maximum atomic E-state index is 6.99. The van der Waals surface area contributed by atoms with Crippen LogP contribution in [0.3, 0.4) is 0 Å². The molecule has 1 aliphatic carbocycles. The van der Waals surface area contributed by atoms with E-state index in [9.17, 15) is 0 Å². The topological polar surface area (TPSA) is 0 Å². The molecule has 0 spiro atoms. The maximum absolute atomic E-state index is 6.99. The summed E-state index contributed by atoms with van der Waals surface area (Å²) < 4.78 is 6.99. The van der Waals surface area contributed by atoms with Crippen molar-refractivity contribution in [2.24, 2.45) is 0 Å². The van der Waals surface area contributed by atoms with Crippen molar-refractivity contribution in [3.05, 3.63) is 12.1 Å². The minimum absolute atomic E-state index is 0.829. The molecule has 0 amide bonds. The van der Waals surface area contributed by atoms with Crippen LogP contribution in [0.5, 0.6) is 0 Å². The zero-order valence-corrected chi connectivity index (χ0v) is 3.20. The van der Waals surface area contributed by atoms with E-state index in [-0.39, 0.29) is 0 Å². The summed E-state index contributed by atoms with van der Waals surface area (Å²) in [5, 5.41) is 0. The second kappa shape index (κ2) is 1.25. The fourth-order valence-corrected chi connectivity index (χ4v) is 0.510. The summed E-state index contributed by atoms with van der Waals surface area (Å²) in [5.41, 5.74) is 0. The lowest BCUT2D eigenvalue weighted by atomic mass is 10.4. The second-order valence-electron chi connectivity index (χ2n) is 1.30. The van der Waals surface area contributed by atoms with Gasteiger partial charge in [-0.1, -0.05) is 12.1 Å². The SMILES string of the molecule is [1H]C1=CCCC1. The Bertz CT molecular complexity index is 74.0.